The summed E-state index contributed by atoms with van der Waals surface area (Å²) in [5.41, 5.74) is 41.7. The highest BCUT2D eigenvalue weighted by atomic mass is 29.6. The minimum atomic E-state index is -2.44. The van der Waals surface area contributed by atoms with Crippen LogP contribution in [0, 0.1) is 0 Å². The number of hydrogen-bond acceptors (Lipinski definition) is 0. The zero-order valence-electron chi connectivity index (χ0n) is 65.8. The van der Waals surface area contributed by atoms with Gasteiger partial charge in [0.2, 0.25) is 0 Å². The van der Waals surface area contributed by atoms with Crippen molar-refractivity contribution in [3.05, 3.63) is 206 Å². The lowest BCUT2D eigenvalue weighted by molar-refractivity contribution is 0.328. The van der Waals surface area contributed by atoms with Gasteiger partial charge in [-0.2, -0.15) is 0 Å². The third kappa shape index (κ3) is 8.64. The fourth-order valence-corrected chi connectivity index (χ4v) is 86.7. The van der Waals surface area contributed by atoms with Crippen molar-refractivity contribution in [2.45, 2.75) is 357 Å². The zero-order valence-corrected chi connectivity index (χ0v) is 69.8. The largest absolute Gasteiger partial charge is 0.0693 e. The van der Waals surface area contributed by atoms with Gasteiger partial charge in [0.05, 0.1) is 15.2 Å². The molecule has 18 rings (SSSR count). The van der Waals surface area contributed by atoms with E-state index in [2.05, 4.69) is 264 Å². The Kier molecular flexibility index (Phi) is 13.5. The maximum Gasteiger partial charge on any atom is 0.0520 e. The first kappa shape index (κ1) is 66.7. The highest BCUT2D eigenvalue weighted by Gasteiger charge is 2.66. The molecule has 96 heavy (non-hydrogen) atoms. The van der Waals surface area contributed by atoms with Crippen molar-refractivity contribution in [2.24, 2.45) is 0 Å². The minimum Gasteiger partial charge on any atom is -0.0693 e. The van der Waals surface area contributed by atoms with Crippen LogP contribution in [0.1, 0.15) is 375 Å². The van der Waals surface area contributed by atoms with E-state index in [1.54, 1.807) is 134 Å². The van der Waals surface area contributed by atoms with Crippen LogP contribution in [-0.2, 0) is 76.1 Å². The predicted octanol–water partition coefficient (Wildman–Crippen LogP) is 24.0. The Morgan fingerprint density at radius 2 is 0.406 bits per heavy atom. The second-order valence-corrected chi connectivity index (χ2v) is 73.7. The second kappa shape index (κ2) is 19.5. The molecule has 0 unspecified atom stereocenters. The molecule has 0 spiro atoms. The first-order valence-electron chi connectivity index (χ1n) is 38.9. The Labute approximate surface area is 588 Å². The number of fused-ring (bicyclic) bond motifs is 6. The Morgan fingerprint density at radius 1 is 0.229 bits per heavy atom. The standard InChI is InChI=1S/C92H124Si4/c1-80(2)31-29-30-54-42-62-55(43-61(54)80)78-56-44-68-73(86(13,14)37-32-81(68,3)4)49-63(56)91(62,64-50-74-69(45-57(64)78)82(5,6)33-38-87(74,15)16)93(95(23,24)25)94(96(26,27)28)92-65-51-75-70(83(7,8)34-39-88(75,17)18)46-58(65)79(59-47-71-76(52-66(59)92)89(19,20)40-35-84(71,9)10)60-48-72-77(53-67(60)92)90(21,22)41-36-85(72,11)12/h42-53,78-79H,29-41H2,1-28H3. The van der Waals surface area contributed by atoms with Gasteiger partial charge >= 0.3 is 0 Å². The lowest BCUT2D eigenvalue weighted by Gasteiger charge is -2.61. The van der Waals surface area contributed by atoms with E-state index in [4.69, 9.17) is 0 Å². The van der Waals surface area contributed by atoms with E-state index in [0.29, 0.717) is 0 Å². The van der Waals surface area contributed by atoms with Crippen molar-refractivity contribution in [1.82, 2.24) is 0 Å². The minimum absolute atomic E-state index is 0.0509. The fraction of sp³-hybridized carbons (Fsp3) is 0.609. The molecule has 0 radical (unpaired) electrons. The van der Waals surface area contributed by atoms with Crippen LogP contribution in [-0.4, -0.2) is 30.0 Å². The third-order valence-electron chi connectivity index (χ3n) is 30.2. The summed E-state index contributed by atoms with van der Waals surface area (Å²) in [6, 6.07) is 36.3. The fourth-order valence-electron chi connectivity index (χ4n) is 23.8. The lowest BCUT2D eigenvalue weighted by Crippen LogP contribution is -2.70. The van der Waals surface area contributed by atoms with Crippen molar-refractivity contribution in [1.29, 1.82) is 0 Å². The van der Waals surface area contributed by atoms with Crippen molar-refractivity contribution in [3.63, 3.8) is 0 Å². The van der Waals surface area contributed by atoms with E-state index >= 15 is 0 Å². The maximum atomic E-state index is 3.08. The van der Waals surface area contributed by atoms with E-state index in [-0.39, 0.29) is 81.5 Å². The Hall–Kier alpha value is -3.81. The van der Waals surface area contributed by atoms with Gasteiger partial charge in [0.15, 0.2) is 0 Å². The van der Waals surface area contributed by atoms with Crippen molar-refractivity contribution in [3.8, 4) is 0 Å². The topological polar surface area (TPSA) is 0 Å². The number of benzene rings is 6. The smallest absolute Gasteiger partial charge is 0.0520 e. The van der Waals surface area contributed by atoms with Crippen molar-refractivity contribution >= 4 is 30.0 Å². The lowest BCUT2D eigenvalue weighted by atomic mass is 9.53. The number of aryl methyl sites for hydroxylation is 1. The van der Waals surface area contributed by atoms with Crippen LogP contribution in [0.5, 0.6) is 0 Å². The van der Waals surface area contributed by atoms with E-state index in [1.807, 2.05) is 0 Å². The van der Waals surface area contributed by atoms with E-state index in [0.717, 1.165) is 0 Å². The van der Waals surface area contributed by atoms with Gasteiger partial charge in [-0.05, 0) is 277 Å². The maximum absolute atomic E-state index is 3.08. The molecule has 0 aliphatic heterocycles. The molecular formula is C92H124Si4. The summed E-state index contributed by atoms with van der Waals surface area (Å²) < 4.78 is 0. The molecule has 0 N–H and O–H groups in total. The Bertz CT molecular complexity index is 4210. The number of hydrogen-bond donors (Lipinski definition) is 0. The molecule has 12 aliphatic rings. The van der Waals surface area contributed by atoms with Gasteiger partial charge in [-0.15, -0.1) is 0 Å². The predicted molar refractivity (Wildman–Crippen MR) is 421 cm³/mol. The Balaban J connectivity index is 1.22. The average Bonchev–Trinajstić information content (AvgIpc) is 0.642. The van der Waals surface area contributed by atoms with Gasteiger partial charge in [-0.1, -0.05) is 264 Å². The third-order valence-corrected chi connectivity index (χ3v) is 72.0. The molecule has 508 valence electrons. The molecule has 4 bridgehead atoms. The molecule has 0 saturated carbocycles. The highest BCUT2D eigenvalue weighted by molar-refractivity contribution is 7.56. The molecule has 12 aliphatic carbocycles. The Morgan fingerprint density at radius 3 is 0.615 bits per heavy atom. The molecule has 0 amide bonds. The van der Waals surface area contributed by atoms with Gasteiger partial charge in [0.25, 0.3) is 0 Å². The van der Waals surface area contributed by atoms with E-state index in [1.165, 1.54) is 83.5 Å². The van der Waals surface area contributed by atoms with Gasteiger partial charge in [-0.3, -0.25) is 0 Å². The molecule has 4 heteroatoms. The SMILES string of the molecule is CC1(C)CCCc2cc3c(cc21)C1c2cc4c(cc2C3([Si](=[Si](C23c5cc6c(cc5C(c5cc7c(cc52)C(C)(C)CCC7(C)C)c2cc5c(cc23)C(C)(C)CCC5(C)C)C(C)(C)CCC6(C)C)[Si](C)(C)C)[Si](C)(C)C)c2cc3c(cc21)C(C)(C)CCC3(C)C)C(C)(C)CCC4(C)C. The van der Waals surface area contributed by atoms with Crippen molar-refractivity contribution < 1.29 is 0 Å². The van der Waals surface area contributed by atoms with Gasteiger partial charge < -0.3 is 0 Å². The summed E-state index contributed by atoms with van der Waals surface area (Å²) in [6.45, 7) is 76.2. The average molecular weight is 1340 g/mol. The van der Waals surface area contributed by atoms with Crippen LogP contribution in [0.4, 0.5) is 0 Å². The first-order chi connectivity index (χ1) is 44.0. The molecule has 0 aromatic heterocycles. The molecule has 0 fully saturated rings. The number of rotatable bonds is 4. The van der Waals surface area contributed by atoms with Crippen LogP contribution in [0.3, 0.4) is 0 Å². The van der Waals surface area contributed by atoms with Crippen LogP contribution in [0.25, 0.3) is 0 Å². The molecule has 0 nitrogen and oxygen atoms in total. The van der Waals surface area contributed by atoms with Gasteiger partial charge in [-0.25, -0.2) is 0 Å². The summed E-state index contributed by atoms with van der Waals surface area (Å²) >= 11 is 0. The van der Waals surface area contributed by atoms with E-state index in [9.17, 15) is 0 Å². The van der Waals surface area contributed by atoms with Crippen LogP contribution in [0.2, 0.25) is 39.3 Å². The van der Waals surface area contributed by atoms with E-state index < -0.39 is 30.0 Å². The summed E-state index contributed by atoms with van der Waals surface area (Å²) in [7, 11) is -8.25. The molecule has 6 aromatic carbocycles. The molecule has 0 heterocycles. The molecule has 0 saturated heterocycles. The summed E-state index contributed by atoms with van der Waals surface area (Å²) in [6.07, 6.45) is 16.0. The van der Waals surface area contributed by atoms with Gasteiger partial charge in [0, 0.05) is 36.7 Å². The first-order valence-corrected chi connectivity index (χ1v) is 51.9. The second-order valence-electron chi connectivity index (χ2n) is 43.7. The summed E-state index contributed by atoms with van der Waals surface area (Å²) in [4.78, 5) is 0. The van der Waals surface area contributed by atoms with Crippen molar-refractivity contribution in [2.75, 3.05) is 0 Å². The quantitative estimate of drug-likeness (QED) is 0.154. The monoisotopic (exact) mass is 1340 g/mol. The molecule has 0 atom stereocenters. The summed E-state index contributed by atoms with van der Waals surface area (Å²) in [5, 5.41) is -0.659. The molecular weight excluding hydrogens is 1220 g/mol. The highest BCUT2D eigenvalue weighted by Crippen LogP contribution is 2.70. The normalized spacial score (nSPS) is 28.6. The zero-order chi connectivity index (χ0) is 69.3. The van der Waals surface area contributed by atoms with Crippen LogP contribution in [0.15, 0.2) is 72.8 Å². The van der Waals surface area contributed by atoms with Crippen LogP contribution >= 0.6 is 0 Å². The van der Waals surface area contributed by atoms with Crippen LogP contribution < -0.4 is 0 Å². The molecule has 6 aromatic rings. The van der Waals surface area contributed by atoms with Gasteiger partial charge in [0.1, 0.15) is 0 Å². The summed E-state index contributed by atoms with van der Waals surface area (Å²) in [5.74, 6) is 0.369.